The Morgan fingerprint density at radius 1 is 0.686 bits per heavy atom. The Hall–Kier alpha value is -6.06. The Bertz CT molecular complexity index is 2630. The number of ether oxygens (including phenoxy) is 2. The van der Waals surface area contributed by atoms with E-state index in [2.05, 4.69) is 38.4 Å². The van der Waals surface area contributed by atoms with Gasteiger partial charge in [0, 0.05) is 24.3 Å². The summed E-state index contributed by atoms with van der Waals surface area (Å²) in [4.78, 5) is 75.3. The number of nitrogens with one attached hydrogen (secondary N) is 3. The molecule has 0 spiro atoms. The average Bonchev–Trinajstić information content (AvgIpc) is 4.20. The summed E-state index contributed by atoms with van der Waals surface area (Å²) < 4.78 is 42.9. The van der Waals surface area contributed by atoms with Gasteiger partial charge in [0.2, 0.25) is 11.8 Å². The van der Waals surface area contributed by atoms with Crippen LogP contribution in [0.5, 0.6) is 0 Å². The van der Waals surface area contributed by atoms with Gasteiger partial charge in [-0.15, -0.1) is 0 Å². The number of hydrogen-bond donors (Lipinski definition) is 3. The molecule has 16 heteroatoms. The molecule has 3 amide bonds. The van der Waals surface area contributed by atoms with Crippen molar-refractivity contribution in [3.05, 3.63) is 88.5 Å². The first-order chi connectivity index (χ1) is 33.7. The van der Waals surface area contributed by atoms with Crippen LogP contribution in [0, 0.1) is 41.2 Å². The predicted molar refractivity (Wildman–Crippen MR) is 260 cm³/mol. The van der Waals surface area contributed by atoms with Crippen LogP contribution in [-0.2, 0) is 23.9 Å². The van der Waals surface area contributed by atoms with Crippen LogP contribution in [0.3, 0.4) is 0 Å². The summed E-state index contributed by atoms with van der Waals surface area (Å²) in [5.41, 5.74) is 5.73. The van der Waals surface area contributed by atoms with E-state index in [1.165, 1.54) is 14.2 Å². The van der Waals surface area contributed by atoms with Gasteiger partial charge in [0.05, 0.1) is 72.8 Å². The summed E-state index contributed by atoms with van der Waals surface area (Å²) in [5, 5.41) is 2.72. The fraction of sp³-hybridized carbons (Fsp3) is 0.556. The predicted octanol–water partition coefficient (Wildman–Crippen LogP) is 10.2. The number of alkyl carbamates (subject to hydrolysis) is 1. The minimum Gasteiger partial charge on any atom is -0.469 e. The number of esters is 1. The fourth-order valence-electron chi connectivity index (χ4n) is 12.7. The van der Waals surface area contributed by atoms with Crippen LogP contribution >= 0.6 is 0 Å². The maximum absolute atomic E-state index is 16.6. The lowest BCUT2D eigenvalue weighted by atomic mass is 9.77. The zero-order valence-corrected chi connectivity index (χ0v) is 41.1. The molecule has 3 aromatic carbocycles. The Balaban J connectivity index is 0.967. The van der Waals surface area contributed by atoms with Gasteiger partial charge < -0.3 is 39.5 Å². The second-order valence-corrected chi connectivity index (χ2v) is 21.3. The molecule has 2 aliphatic carbocycles. The molecule has 3 N–H and O–H groups in total. The molecule has 9 atom stereocenters. The average molecular weight is 961 g/mol. The summed E-state index contributed by atoms with van der Waals surface area (Å²) in [7, 11) is 2.62. The SMILES string of the molecule is COC(=O)C[C@H](C(=O)N1CCC[C@H]1c1nc2ccc([C@H]3CC[C@H](c4ccc5nc([C@@H]6CCCN6C(=O)[C@@H](NC(=O)OC)C(C)C)[nH]c5c4)N3c3cc(F)c(C4C[C@H]5CC[C@H]5C4)c(F)c3)cc2[nH]1)C(C)C. The van der Waals surface area contributed by atoms with Gasteiger partial charge in [-0.2, -0.15) is 0 Å². The van der Waals surface area contributed by atoms with E-state index in [0.717, 1.165) is 78.1 Å². The number of halogens is 2. The van der Waals surface area contributed by atoms with Crippen LogP contribution < -0.4 is 10.2 Å². The van der Waals surface area contributed by atoms with E-state index in [-0.39, 0.29) is 65.7 Å². The van der Waals surface area contributed by atoms with E-state index in [0.29, 0.717) is 61.5 Å². The zero-order chi connectivity index (χ0) is 49.1. The maximum atomic E-state index is 16.6. The van der Waals surface area contributed by atoms with Crippen LogP contribution in [-0.4, -0.2) is 87.0 Å². The molecule has 5 aromatic rings. The van der Waals surface area contributed by atoms with E-state index in [1.54, 1.807) is 17.0 Å². The molecule has 5 heterocycles. The monoisotopic (exact) mass is 961 g/mol. The van der Waals surface area contributed by atoms with Crippen molar-refractivity contribution in [2.24, 2.45) is 29.6 Å². The number of aromatic nitrogens is 4. The standard InChI is InChI=1S/C54H66F2N8O6/c1-28(2)36(27-47(65)69-5)52(66)62-19-7-9-45(62)50-57-39-15-13-32(23-41(39)59-50)43-17-18-44(64(43)35-25-37(55)48(38(56)26-35)34-21-30-11-12-31(30)22-34)33-14-16-40-42(24-33)60-51(58-40)46-10-8-20-63(46)53(67)49(29(3)4)61-54(68)70-6/h13-16,23-26,28-31,34,36,43-46,49H,7-12,17-22,27H2,1-6H3,(H,57,59)(H,58,60)(H,61,68)/t30-,31+,34?,36-,43+,44+,45-,46-,49-/m0/s1. The number of anilines is 1. The summed E-state index contributed by atoms with van der Waals surface area (Å²) >= 11 is 0. The van der Waals surface area contributed by atoms with Crippen molar-refractivity contribution < 1.29 is 37.4 Å². The zero-order valence-electron chi connectivity index (χ0n) is 41.1. The fourth-order valence-corrected chi connectivity index (χ4v) is 12.7. The minimum absolute atomic E-state index is 0.0205. The molecule has 372 valence electrons. The lowest BCUT2D eigenvalue weighted by Crippen LogP contribution is -2.51. The number of aromatic amines is 2. The van der Waals surface area contributed by atoms with Crippen molar-refractivity contribution in [3.63, 3.8) is 0 Å². The van der Waals surface area contributed by atoms with E-state index in [4.69, 9.17) is 19.4 Å². The number of fused-ring (bicyclic) bond motifs is 3. The first kappa shape index (κ1) is 47.6. The van der Waals surface area contributed by atoms with Crippen molar-refractivity contribution in [3.8, 4) is 0 Å². The topological polar surface area (TPSA) is 166 Å². The number of likely N-dealkylation sites (tertiary alicyclic amines) is 2. The van der Waals surface area contributed by atoms with Crippen molar-refractivity contribution in [1.82, 2.24) is 35.1 Å². The Morgan fingerprint density at radius 2 is 1.21 bits per heavy atom. The molecule has 0 bridgehead atoms. The molecule has 3 saturated heterocycles. The van der Waals surface area contributed by atoms with Crippen LogP contribution in [0.1, 0.15) is 157 Å². The molecule has 10 rings (SSSR count). The summed E-state index contributed by atoms with van der Waals surface area (Å²) in [6.45, 7) is 8.78. The molecule has 3 aliphatic heterocycles. The van der Waals surface area contributed by atoms with Crippen LogP contribution in [0.25, 0.3) is 22.1 Å². The highest BCUT2D eigenvalue weighted by Crippen LogP contribution is 2.55. The van der Waals surface area contributed by atoms with Gasteiger partial charge in [-0.05, 0) is 141 Å². The highest BCUT2D eigenvalue weighted by molar-refractivity contribution is 5.87. The number of carbonyl (C=O) groups is 4. The van der Waals surface area contributed by atoms with E-state index >= 15 is 8.78 Å². The minimum atomic E-state index is -0.755. The number of nitrogens with zero attached hydrogens (tertiary/aromatic N) is 5. The third-order valence-corrected chi connectivity index (χ3v) is 16.6. The first-order valence-electron chi connectivity index (χ1n) is 25.5. The highest BCUT2D eigenvalue weighted by atomic mass is 19.1. The number of amides is 3. The number of methoxy groups -OCH3 is 2. The van der Waals surface area contributed by atoms with Gasteiger partial charge in [-0.3, -0.25) is 14.4 Å². The van der Waals surface area contributed by atoms with Crippen molar-refractivity contribution in [1.29, 1.82) is 0 Å². The summed E-state index contributed by atoms with van der Waals surface area (Å²) in [5.74, 6) is -0.0252. The number of benzene rings is 3. The normalized spacial score (nSPS) is 25.2. The lowest BCUT2D eigenvalue weighted by Gasteiger charge is -2.34. The third-order valence-electron chi connectivity index (χ3n) is 16.6. The molecule has 0 radical (unpaired) electrons. The number of carbonyl (C=O) groups excluding carboxylic acids is 4. The number of rotatable bonds is 13. The van der Waals surface area contributed by atoms with Crippen LogP contribution in [0.15, 0.2) is 48.5 Å². The Labute approximate surface area is 407 Å². The van der Waals surface area contributed by atoms with E-state index in [9.17, 15) is 19.2 Å². The smallest absolute Gasteiger partial charge is 0.407 e. The maximum Gasteiger partial charge on any atom is 0.407 e. The number of H-pyrrole nitrogens is 2. The van der Waals surface area contributed by atoms with Crippen LogP contribution in [0.2, 0.25) is 0 Å². The van der Waals surface area contributed by atoms with Gasteiger partial charge in [0.25, 0.3) is 0 Å². The quantitative estimate of drug-likeness (QED) is 0.0974. The molecule has 5 aliphatic rings. The molecule has 2 saturated carbocycles. The Kier molecular flexibility index (Phi) is 13.1. The third kappa shape index (κ3) is 8.77. The molecule has 1 unspecified atom stereocenters. The number of imidazole rings is 2. The highest BCUT2D eigenvalue weighted by Gasteiger charge is 2.44. The van der Waals surface area contributed by atoms with E-state index < -0.39 is 35.7 Å². The second kappa shape index (κ2) is 19.3. The molecule has 70 heavy (non-hydrogen) atoms. The van der Waals surface area contributed by atoms with Gasteiger partial charge in [0.1, 0.15) is 29.3 Å². The van der Waals surface area contributed by atoms with Crippen LogP contribution in [0.4, 0.5) is 19.3 Å². The van der Waals surface area contributed by atoms with Gasteiger partial charge in [-0.1, -0.05) is 39.8 Å². The van der Waals surface area contributed by atoms with Crippen molar-refractivity contribution in [2.45, 2.75) is 134 Å². The van der Waals surface area contributed by atoms with Crippen molar-refractivity contribution in [2.75, 3.05) is 32.2 Å². The van der Waals surface area contributed by atoms with Gasteiger partial charge >= 0.3 is 12.1 Å². The first-order valence-corrected chi connectivity index (χ1v) is 25.5. The number of hydrogen-bond acceptors (Lipinski definition) is 9. The Morgan fingerprint density at radius 3 is 1.69 bits per heavy atom. The molecular weight excluding hydrogens is 895 g/mol. The van der Waals surface area contributed by atoms with Crippen molar-refractivity contribution >= 4 is 51.6 Å². The van der Waals surface area contributed by atoms with Gasteiger partial charge in [-0.25, -0.2) is 23.5 Å². The molecule has 14 nitrogen and oxygen atoms in total. The summed E-state index contributed by atoms with van der Waals surface area (Å²) in [6.07, 6.45) is 7.77. The lowest BCUT2D eigenvalue weighted by molar-refractivity contribution is -0.148. The summed E-state index contributed by atoms with van der Waals surface area (Å²) in [6, 6.07) is 13.5. The second-order valence-electron chi connectivity index (χ2n) is 21.3. The largest absolute Gasteiger partial charge is 0.469 e. The molecule has 2 aromatic heterocycles. The molecule has 5 fully saturated rings. The van der Waals surface area contributed by atoms with E-state index in [1.807, 2.05) is 50.8 Å². The molecular formula is C54H66F2N8O6. The van der Waals surface area contributed by atoms with Gasteiger partial charge in [0.15, 0.2) is 0 Å².